The van der Waals surface area contributed by atoms with E-state index in [0.29, 0.717) is 22.7 Å². The van der Waals surface area contributed by atoms with Crippen LogP contribution in [0.2, 0.25) is 5.02 Å². The molecule has 0 radical (unpaired) electrons. The first-order chi connectivity index (χ1) is 15.9. The standard InChI is InChI=1S/C26H22ClFN2O3/c1-3-17-6-10-22(11-7-17)30-26(31)20(15-29)12-19-13-23(27)25(24(14-19)32-2)33-16-18-4-8-21(28)9-5-18/h4-14H,3,16H2,1-2H3,(H,30,31)/b20-12+. The molecule has 168 valence electrons. The Hall–Kier alpha value is -3.82. The van der Waals surface area contributed by atoms with Crippen LogP contribution in [-0.2, 0) is 17.8 Å². The molecule has 0 aliphatic heterocycles. The highest BCUT2D eigenvalue weighted by Gasteiger charge is 2.15. The molecule has 0 heterocycles. The van der Waals surface area contributed by atoms with Crippen molar-refractivity contribution < 1.29 is 18.7 Å². The second-order valence-electron chi connectivity index (χ2n) is 7.12. The van der Waals surface area contributed by atoms with Crippen molar-refractivity contribution in [2.75, 3.05) is 12.4 Å². The van der Waals surface area contributed by atoms with Crippen molar-refractivity contribution in [3.63, 3.8) is 0 Å². The van der Waals surface area contributed by atoms with Gasteiger partial charge in [-0.2, -0.15) is 5.26 Å². The summed E-state index contributed by atoms with van der Waals surface area (Å²) in [5, 5.41) is 12.5. The van der Waals surface area contributed by atoms with Gasteiger partial charge in [0.05, 0.1) is 12.1 Å². The smallest absolute Gasteiger partial charge is 0.266 e. The Morgan fingerprint density at radius 1 is 1.12 bits per heavy atom. The fourth-order valence-corrected chi connectivity index (χ4v) is 3.31. The molecule has 7 heteroatoms. The largest absolute Gasteiger partial charge is 0.493 e. The minimum atomic E-state index is -0.534. The topological polar surface area (TPSA) is 71.4 Å². The van der Waals surface area contributed by atoms with Gasteiger partial charge in [0.25, 0.3) is 5.91 Å². The number of halogens is 2. The number of rotatable bonds is 8. The van der Waals surface area contributed by atoms with Crippen molar-refractivity contribution in [2.45, 2.75) is 20.0 Å². The van der Waals surface area contributed by atoms with Crippen molar-refractivity contribution in [1.82, 2.24) is 0 Å². The molecular weight excluding hydrogens is 443 g/mol. The van der Waals surface area contributed by atoms with Gasteiger partial charge in [-0.3, -0.25) is 4.79 Å². The molecule has 1 amide bonds. The van der Waals surface area contributed by atoms with Gasteiger partial charge in [0.15, 0.2) is 11.5 Å². The average molecular weight is 465 g/mol. The number of ether oxygens (including phenoxy) is 2. The molecule has 5 nitrogen and oxygen atoms in total. The number of nitriles is 1. The zero-order valence-electron chi connectivity index (χ0n) is 18.2. The van der Waals surface area contributed by atoms with Crippen LogP contribution in [0.15, 0.2) is 66.2 Å². The van der Waals surface area contributed by atoms with Gasteiger partial charge in [-0.1, -0.05) is 42.8 Å². The monoisotopic (exact) mass is 464 g/mol. The Labute approximate surface area is 197 Å². The SMILES string of the molecule is CCc1ccc(NC(=O)/C(C#N)=C/c2cc(Cl)c(OCc3ccc(F)cc3)c(OC)c2)cc1. The normalized spacial score (nSPS) is 10.9. The molecular formula is C26H22ClFN2O3. The molecule has 1 N–H and O–H groups in total. The van der Waals surface area contributed by atoms with Crippen LogP contribution in [0, 0.1) is 17.1 Å². The third-order valence-electron chi connectivity index (χ3n) is 4.84. The van der Waals surface area contributed by atoms with Gasteiger partial charge in [-0.15, -0.1) is 0 Å². The molecule has 0 spiro atoms. The van der Waals surface area contributed by atoms with E-state index in [9.17, 15) is 14.4 Å². The van der Waals surface area contributed by atoms with Gasteiger partial charge >= 0.3 is 0 Å². The minimum absolute atomic E-state index is 0.0901. The van der Waals surface area contributed by atoms with E-state index in [1.54, 1.807) is 36.4 Å². The lowest BCUT2D eigenvalue weighted by Gasteiger charge is -2.13. The van der Waals surface area contributed by atoms with Gasteiger partial charge in [0.2, 0.25) is 0 Å². The summed E-state index contributed by atoms with van der Waals surface area (Å²) >= 11 is 6.39. The lowest BCUT2D eigenvalue weighted by Crippen LogP contribution is -2.13. The number of benzene rings is 3. The Morgan fingerprint density at radius 2 is 1.79 bits per heavy atom. The van der Waals surface area contributed by atoms with E-state index in [2.05, 4.69) is 5.32 Å². The molecule has 3 aromatic carbocycles. The lowest BCUT2D eigenvalue weighted by atomic mass is 10.1. The van der Waals surface area contributed by atoms with E-state index in [1.807, 2.05) is 25.1 Å². The Kier molecular flexibility index (Phi) is 8.06. The fraction of sp³-hybridized carbons (Fsp3) is 0.154. The van der Waals surface area contributed by atoms with E-state index in [-0.39, 0.29) is 23.0 Å². The number of nitrogens with one attached hydrogen (secondary N) is 1. The van der Waals surface area contributed by atoms with E-state index in [1.165, 1.54) is 25.3 Å². The van der Waals surface area contributed by atoms with Crippen molar-refractivity contribution in [2.24, 2.45) is 0 Å². The maximum atomic E-state index is 13.1. The number of carbonyl (C=O) groups is 1. The molecule has 0 bridgehead atoms. The first kappa shape index (κ1) is 23.8. The molecule has 3 aromatic rings. The van der Waals surface area contributed by atoms with Crippen LogP contribution in [-0.4, -0.2) is 13.0 Å². The number of hydrogen-bond acceptors (Lipinski definition) is 4. The molecule has 0 unspecified atom stereocenters. The maximum absolute atomic E-state index is 13.1. The highest BCUT2D eigenvalue weighted by Crippen LogP contribution is 2.37. The summed E-state index contributed by atoms with van der Waals surface area (Å²) in [7, 11) is 1.46. The van der Waals surface area contributed by atoms with Crippen LogP contribution in [0.3, 0.4) is 0 Å². The minimum Gasteiger partial charge on any atom is -0.493 e. The summed E-state index contributed by atoms with van der Waals surface area (Å²) in [6, 6.07) is 18.4. The van der Waals surface area contributed by atoms with Crippen molar-refractivity contribution >= 4 is 29.3 Å². The van der Waals surface area contributed by atoms with Gasteiger partial charge < -0.3 is 14.8 Å². The quantitative estimate of drug-likeness (QED) is 0.319. The first-order valence-electron chi connectivity index (χ1n) is 10.2. The van der Waals surface area contributed by atoms with E-state index in [4.69, 9.17) is 21.1 Å². The highest BCUT2D eigenvalue weighted by molar-refractivity contribution is 6.32. The molecule has 0 aromatic heterocycles. The van der Waals surface area contributed by atoms with Gasteiger partial charge in [0, 0.05) is 5.69 Å². The Balaban J connectivity index is 1.79. The second kappa shape index (κ2) is 11.2. The predicted molar refractivity (Wildman–Crippen MR) is 127 cm³/mol. The molecule has 0 aliphatic rings. The molecule has 3 rings (SSSR count). The van der Waals surface area contributed by atoms with Crippen LogP contribution in [0.4, 0.5) is 10.1 Å². The molecule has 0 aliphatic carbocycles. The summed E-state index contributed by atoms with van der Waals surface area (Å²) in [6.45, 7) is 2.21. The molecule has 33 heavy (non-hydrogen) atoms. The van der Waals surface area contributed by atoms with Gasteiger partial charge in [0.1, 0.15) is 24.1 Å². The molecule has 0 saturated carbocycles. The number of hydrogen-bond donors (Lipinski definition) is 1. The third kappa shape index (κ3) is 6.34. The number of nitrogens with zero attached hydrogens (tertiary/aromatic N) is 1. The number of amides is 1. The van der Waals surface area contributed by atoms with Crippen molar-refractivity contribution in [3.05, 3.63) is 93.8 Å². The molecule has 0 fully saturated rings. The summed E-state index contributed by atoms with van der Waals surface area (Å²) in [6.07, 6.45) is 2.32. The number of anilines is 1. The average Bonchev–Trinajstić information content (AvgIpc) is 2.83. The third-order valence-corrected chi connectivity index (χ3v) is 5.13. The van der Waals surface area contributed by atoms with E-state index in [0.717, 1.165) is 17.5 Å². The maximum Gasteiger partial charge on any atom is 0.266 e. The number of carbonyl (C=O) groups excluding carboxylic acids is 1. The Bertz CT molecular complexity index is 1200. The van der Waals surface area contributed by atoms with Gasteiger partial charge in [-0.05, 0) is 65.6 Å². The predicted octanol–water partition coefficient (Wildman–Crippen LogP) is 6.17. The summed E-state index contributed by atoms with van der Waals surface area (Å²) in [5.74, 6) is -0.224. The lowest BCUT2D eigenvalue weighted by molar-refractivity contribution is -0.112. The van der Waals surface area contributed by atoms with E-state index >= 15 is 0 Å². The van der Waals surface area contributed by atoms with E-state index < -0.39 is 5.91 Å². The molecule has 0 saturated heterocycles. The van der Waals surface area contributed by atoms with Gasteiger partial charge in [-0.25, -0.2) is 4.39 Å². The zero-order valence-corrected chi connectivity index (χ0v) is 18.9. The first-order valence-corrected chi connectivity index (χ1v) is 10.6. The van der Waals surface area contributed by atoms with Crippen LogP contribution >= 0.6 is 11.6 Å². The summed E-state index contributed by atoms with van der Waals surface area (Å²) in [5.41, 5.74) is 2.91. The van der Waals surface area contributed by atoms with Crippen LogP contribution in [0.25, 0.3) is 6.08 Å². The number of methoxy groups -OCH3 is 1. The van der Waals surface area contributed by atoms with Crippen LogP contribution < -0.4 is 14.8 Å². The van der Waals surface area contributed by atoms with Crippen molar-refractivity contribution in [1.29, 1.82) is 5.26 Å². The number of aryl methyl sites for hydroxylation is 1. The molecule has 0 atom stereocenters. The van der Waals surface area contributed by atoms with Crippen molar-refractivity contribution in [3.8, 4) is 17.6 Å². The second-order valence-corrected chi connectivity index (χ2v) is 7.53. The Morgan fingerprint density at radius 3 is 2.39 bits per heavy atom. The summed E-state index contributed by atoms with van der Waals surface area (Å²) in [4.78, 5) is 12.6. The zero-order chi connectivity index (χ0) is 23.8. The van der Waals surface area contributed by atoms with Crippen LogP contribution in [0.5, 0.6) is 11.5 Å². The summed E-state index contributed by atoms with van der Waals surface area (Å²) < 4.78 is 24.2. The fourth-order valence-electron chi connectivity index (χ4n) is 3.04. The van der Waals surface area contributed by atoms with Crippen LogP contribution in [0.1, 0.15) is 23.6 Å². The highest BCUT2D eigenvalue weighted by atomic mass is 35.5.